The highest BCUT2D eigenvalue weighted by Gasteiger charge is 2.52. The molecule has 1 heterocycles. The summed E-state index contributed by atoms with van der Waals surface area (Å²) in [5, 5.41) is 0. The van der Waals surface area contributed by atoms with Crippen LogP contribution in [0.15, 0.2) is 0 Å². The second-order valence-electron chi connectivity index (χ2n) is 17.2. The number of rotatable bonds is 39. The Morgan fingerprint density at radius 1 is 0.460 bits per heavy atom. The van der Waals surface area contributed by atoms with Gasteiger partial charge in [0, 0.05) is 46.3 Å². The van der Waals surface area contributed by atoms with Crippen LogP contribution in [0.5, 0.6) is 0 Å². The highest BCUT2D eigenvalue weighted by molar-refractivity contribution is 7.99. The molecule has 0 bridgehead atoms. The molecule has 0 N–H and O–H groups in total. The van der Waals surface area contributed by atoms with Crippen LogP contribution in [0.4, 0.5) is 0 Å². The third-order valence-electron chi connectivity index (χ3n) is 11.1. The number of esters is 6. The Hall–Kier alpha value is -2.87. The average Bonchev–Trinajstić information content (AvgIpc) is 3.22. The number of hydrogen-bond acceptors (Lipinski definition) is 14. The Bertz CT molecular complexity index is 1250. The summed E-state index contributed by atoms with van der Waals surface area (Å²) in [5.74, 6) is -3.55. The topological polar surface area (TPSA) is 167 Å². The van der Waals surface area contributed by atoms with Gasteiger partial charge >= 0.3 is 35.8 Å². The van der Waals surface area contributed by atoms with Crippen LogP contribution >= 0.6 is 11.8 Å². The molecule has 1 saturated heterocycles. The summed E-state index contributed by atoms with van der Waals surface area (Å²) in [7, 11) is 0. The van der Waals surface area contributed by atoms with Crippen LogP contribution in [0.1, 0.15) is 221 Å². The average molecular weight is 915 g/mol. The minimum Gasteiger partial charge on any atom is -0.463 e. The van der Waals surface area contributed by atoms with Crippen molar-refractivity contribution in [3.05, 3.63) is 0 Å². The van der Waals surface area contributed by atoms with Crippen molar-refractivity contribution in [2.45, 2.75) is 257 Å². The van der Waals surface area contributed by atoms with E-state index in [1.807, 2.05) is 0 Å². The number of carbonyl (C=O) groups is 6. The number of ether oxygens (including phenoxy) is 7. The molecule has 0 aliphatic carbocycles. The predicted octanol–water partition coefficient (Wildman–Crippen LogP) is 11.2. The SMILES string of the molecule is CCCCCCCCCCCCCCCC(=O)OC[C@@H](CS[C@@H]1O[C@H](COC(C)=O)[C@H](OC(C)=O)[C@H](OC(C)=O)[C@H]1OC(C)=O)OC(=O)CCCCCCCCCCCCCCC. The second-order valence-corrected chi connectivity index (χ2v) is 18.3. The third-order valence-corrected chi connectivity index (χ3v) is 12.4. The standard InChI is InChI=1S/C49H86O13S/c1-7-9-11-13-15-17-19-21-23-25-27-29-31-33-44(54)57-35-42(61-45(55)34-32-30-28-26-24-22-20-18-16-14-12-10-8-2)37-63-49-48(60-41(6)53)47(59-40(5)52)46(58-39(4)51)43(62-49)36-56-38(3)50/h42-43,46-49H,7-37H2,1-6H3/t42-,43+,46-,47-,48+,49-/m0/s1. The molecule has 1 aliphatic heterocycles. The van der Waals surface area contributed by atoms with Gasteiger partial charge in [-0.2, -0.15) is 0 Å². The molecule has 63 heavy (non-hydrogen) atoms. The van der Waals surface area contributed by atoms with Crippen molar-refractivity contribution in [1.29, 1.82) is 0 Å². The van der Waals surface area contributed by atoms with Gasteiger partial charge in [-0.1, -0.05) is 168 Å². The predicted molar refractivity (Wildman–Crippen MR) is 246 cm³/mol. The molecule has 1 fully saturated rings. The van der Waals surface area contributed by atoms with Crippen LogP contribution in [0.2, 0.25) is 0 Å². The summed E-state index contributed by atoms with van der Waals surface area (Å²) >= 11 is 1.08. The van der Waals surface area contributed by atoms with Crippen molar-refractivity contribution < 1.29 is 61.9 Å². The maximum absolute atomic E-state index is 13.2. The fraction of sp³-hybridized carbons (Fsp3) is 0.878. The molecule has 1 rings (SSSR count). The second kappa shape index (κ2) is 38.4. The molecule has 0 aromatic heterocycles. The lowest BCUT2D eigenvalue weighted by Gasteiger charge is -2.44. The monoisotopic (exact) mass is 915 g/mol. The molecule has 0 aromatic carbocycles. The van der Waals surface area contributed by atoms with Crippen molar-refractivity contribution in [3.63, 3.8) is 0 Å². The van der Waals surface area contributed by atoms with Gasteiger partial charge in [-0.3, -0.25) is 28.8 Å². The van der Waals surface area contributed by atoms with E-state index in [0.717, 1.165) is 64.1 Å². The Balaban J connectivity index is 2.85. The molecule has 0 spiro atoms. The Kier molecular flexibility index (Phi) is 35.4. The number of carbonyl (C=O) groups excluding carboxylic acids is 6. The van der Waals surface area contributed by atoms with Gasteiger partial charge in [-0.25, -0.2) is 0 Å². The van der Waals surface area contributed by atoms with Gasteiger partial charge in [0.2, 0.25) is 0 Å². The van der Waals surface area contributed by atoms with E-state index in [2.05, 4.69) is 13.8 Å². The normalized spacial score (nSPS) is 18.9. The molecule has 14 heteroatoms. The van der Waals surface area contributed by atoms with E-state index in [1.54, 1.807) is 0 Å². The van der Waals surface area contributed by atoms with E-state index in [1.165, 1.54) is 129 Å². The molecule has 0 aromatic rings. The molecular weight excluding hydrogens is 829 g/mol. The van der Waals surface area contributed by atoms with Gasteiger partial charge in [0.1, 0.15) is 30.9 Å². The maximum Gasteiger partial charge on any atom is 0.306 e. The molecule has 1 aliphatic rings. The zero-order valence-electron chi connectivity index (χ0n) is 40.1. The summed E-state index contributed by atoms with van der Waals surface area (Å²) in [6, 6.07) is 0. The Labute approximate surface area is 384 Å². The minimum atomic E-state index is -1.32. The fourth-order valence-corrected chi connectivity index (χ4v) is 8.91. The zero-order valence-corrected chi connectivity index (χ0v) is 40.9. The molecule has 366 valence electrons. The molecule has 0 unspecified atom stereocenters. The van der Waals surface area contributed by atoms with Crippen LogP contribution in [0.3, 0.4) is 0 Å². The van der Waals surface area contributed by atoms with Gasteiger partial charge in [0.25, 0.3) is 0 Å². The Morgan fingerprint density at radius 3 is 1.25 bits per heavy atom. The largest absolute Gasteiger partial charge is 0.463 e. The molecule has 0 saturated carbocycles. The van der Waals surface area contributed by atoms with Gasteiger partial charge in [-0.05, 0) is 12.8 Å². The lowest BCUT2D eigenvalue weighted by molar-refractivity contribution is -0.237. The first-order valence-electron chi connectivity index (χ1n) is 24.6. The number of thioether (sulfide) groups is 1. The van der Waals surface area contributed by atoms with Gasteiger partial charge in [0.05, 0.1) is 0 Å². The van der Waals surface area contributed by atoms with Crippen molar-refractivity contribution in [2.24, 2.45) is 0 Å². The minimum absolute atomic E-state index is 0.0457. The first kappa shape index (κ1) is 58.1. The van der Waals surface area contributed by atoms with Crippen LogP contribution in [0, 0.1) is 0 Å². The quantitative estimate of drug-likeness (QED) is 0.0324. The summed E-state index contributed by atoms with van der Waals surface area (Å²) in [6.07, 6.45) is 25.5. The van der Waals surface area contributed by atoms with Crippen LogP contribution in [0.25, 0.3) is 0 Å². The third kappa shape index (κ3) is 31.6. The fourth-order valence-electron chi connectivity index (χ4n) is 7.72. The first-order valence-corrected chi connectivity index (χ1v) is 25.7. The number of hydrogen-bond donors (Lipinski definition) is 0. The molecule has 13 nitrogen and oxygen atoms in total. The van der Waals surface area contributed by atoms with Crippen molar-refractivity contribution >= 4 is 47.6 Å². The van der Waals surface area contributed by atoms with E-state index in [9.17, 15) is 28.8 Å². The zero-order chi connectivity index (χ0) is 46.5. The highest BCUT2D eigenvalue weighted by Crippen LogP contribution is 2.35. The Morgan fingerprint density at radius 2 is 0.841 bits per heavy atom. The van der Waals surface area contributed by atoms with E-state index < -0.39 is 65.8 Å². The van der Waals surface area contributed by atoms with Crippen LogP contribution in [-0.2, 0) is 61.9 Å². The van der Waals surface area contributed by atoms with Crippen molar-refractivity contribution in [3.8, 4) is 0 Å². The molecule has 0 radical (unpaired) electrons. The van der Waals surface area contributed by atoms with Crippen LogP contribution < -0.4 is 0 Å². The maximum atomic E-state index is 13.2. The van der Waals surface area contributed by atoms with Gasteiger partial charge in [0.15, 0.2) is 18.3 Å². The molecular formula is C49H86O13S. The lowest BCUT2D eigenvalue weighted by Crippen LogP contribution is -2.61. The summed E-state index contributed by atoms with van der Waals surface area (Å²) < 4.78 is 39.6. The van der Waals surface area contributed by atoms with E-state index in [-0.39, 0.29) is 37.8 Å². The van der Waals surface area contributed by atoms with Gasteiger partial charge in [-0.15, -0.1) is 11.8 Å². The van der Waals surface area contributed by atoms with Crippen molar-refractivity contribution in [1.82, 2.24) is 0 Å². The lowest BCUT2D eigenvalue weighted by atomic mass is 9.99. The van der Waals surface area contributed by atoms with Gasteiger partial charge < -0.3 is 33.2 Å². The van der Waals surface area contributed by atoms with Crippen molar-refractivity contribution in [2.75, 3.05) is 19.0 Å². The van der Waals surface area contributed by atoms with E-state index in [4.69, 9.17) is 33.2 Å². The smallest absolute Gasteiger partial charge is 0.306 e. The first-order chi connectivity index (χ1) is 30.4. The summed E-state index contributed by atoms with van der Waals surface area (Å²) in [5.41, 5.74) is -1.06. The molecule has 6 atom stereocenters. The van der Waals surface area contributed by atoms with E-state index in [0.29, 0.717) is 12.8 Å². The van der Waals surface area contributed by atoms with Crippen LogP contribution in [-0.4, -0.2) is 90.7 Å². The molecule has 0 amide bonds. The summed E-state index contributed by atoms with van der Waals surface area (Å²) in [4.78, 5) is 74.6. The number of unbranched alkanes of at least 4 members (excludes halogenated alkanes) is 24. The highest BCUT2D eigenvalue weighted by atomic mass is 32.2. The summed E-state index contributed by atoms with van der Waals surface area (Å²) in [6.45, 7) is 8.63. The van der Waals surface area contributed by atoms with E-state index >= 15 is 0 Å².